The first kappa shape index (κ1) is 46.6. The van der Waals surface area contributed by atoms with Gasteiger partial charge < -0.3 is 15.1 Å². The van der Waals surface area contributed by atoms with Crippen molar-refractivity contribution >= 4 is 81.8 Å². The second-order valence-corrected chi connectivity index (χ2v) is 20.5. The number of aliphatic carboxylic acids is 2. The Kier molecular flexibility index (Phi) is 13.6. The van der Waals surface area contributed by atoms with Gasteiger partial charge in [-0.1, -0.05) is 31.9 Å². The molecule has 0 atom stereocenters. The fourth-order valence-electron chi connectivity index (χ4n) is 8.12. The van der Waals surface area contributed by atoms with Gasteiger partial charge in [0.1, 0.15) is 11.4 Å². The summed E-state index contributed by atoms with van der Waals surface area (Å²) >= 11 is 6.88. The normalized spacial score (nSPS) is 17.2. The zero-order chi connectivity index (χ0) is 44.6. The number of carboxylic acids is 2. The Hall–Kier alpha value is -4.43. The Morgan fingerprint density at radius 3 is 1.93 bits per heavy atom. The third-order valence-corrected chi connectivity index (χ3v) is 13.8. The van der Waals surface area contributed by atoms with Gasteiger partial charge in [-0.25, -0.2) is 0 Å². The van der Waals surface area contributed by atoms with E-state index in [1.807, 2.05) is 37.2 Å². The molecule has 0 aromatic heterocycles. The molecule has 2 heterocycles. The molecule has 3 aromatic rings. The van der Waals surface area contributed by atoms with Crippen molar-refractivity contribution in [2.24, 2.45) is 0 Å². The number of allylic oxidation sites excluding steroid dienone is 6. The predicted molar refractivity (Wildman–Crippen MR) is 226 cm³/mol. The first-order valence-corrected chi connectivity index (χ1v) is 23.8. The van der Waals surface area contributed by atoms with E-state index in [2.05, 4.69) is 0 Å². The minimum absolute atomic E-state index is 0.0122. The van der Waals surface area contributed by atoms with Gasteiger partial charge in [0.05, 0.1) is 15.2 Å². The van der Waals surface area contributed by atoms with Crippen molar-refractivity contribution < 1.29 is 63.3 Å². The summed E-state index contributed by atoms with van der Waals surface area (Å²) in [5.41, 5.74) is 2.17. The quantitative estimate of drug-likeness (QED) is 0.0357. The molecule has 0 bridgehead atoms. The van der Waals surface area contributed by atoms with Crippen LogP contribution in [0, 0.1) is 0 Å². The Morgan fingerprint density at radius 1 is 0.733 bits per heavy atom. The van der Waals surface area contributed by atoms with Crippen LogP contribution in [0.4, 0.5) is 11.4 Å². The molecule has 3 aromatic carbocycles. The molecule has 0 saturated heterocycles. The fourth-order valence-corrected chi connectivity index (χ4v) is 10.1. The Bertz CT molecular complexity index is 2720. The lowest BCUT2D eigenvalue weighted by Crippen LogP contribution is -2.28. The molecule has 5 N–H and O–H groups in total. The van der Waals surface area contributed by atoms with E-state index >= 15 is 0 Å². The van der Waals surface area contributed by atoms with Crippen LogP contribution in [-0.2, 0) is 50.8 Å². The zero-order valence-electron chi connectivity index (χ0n) is 33.4. The maximum absolute atomic E-state index is 12.5. The molecule has 19 heteroatoms. The molecule has 0 aliphatic carbocycles. The number of unbranched alkanes of at least 4 members (excludes halogenated alkanes) is 4. The second kappa shape index (κ2) is 17.5. The number of halogens is 1. The van der Waals surface area contributed by atoms with E-state index in [0.717, 1.165) is 17.5 Å². The van der Waals surface area contributed by atoms with E-state index in [9.17, 15) is 48.5 Å². The van der Waals surface area contributed by atoms with Gasteiger partial charge >= 0.3 is 11.9 Å². The summed E-state index contributed by atoms with van der Waals surface area (Å²) in [6, 6.07) is 9.34. The number of anilines is 1. The van der Waals surface area contributed by atoms with Crippen LogP contribution in [0.5, 0.6) is 0 Å². The van der Waals surface area contributed by atoms with Crippen LogP contribution in [0.3, 0.4) is 0 Å². The van der Waals surface area contributed by atoms with E-state index < -0.39 is 62.9 Å². The average Bonchev–Trinajstić information content (AvgIpc) is 3.48. The van der Waals surface area contributed by atoms with E-state index in [0.29, 0.717) is 80.2 Å². The molecule has 2 aliphatic rings. The number of nitrogens with zero attached hydrogens (tertiary/aromatic N) is 2. The average molecular weight is 908 g/mol. The van der Waals surface area contributed by atoms with Gasteiger partial charge in [0.15, 0.2) is 5.71 Å². The molecule has 0 unspecified atom stereocenters. The third kappa shape index (κ3) is 10.0. The van der Waals surface area contributed by atoms with Crippen LogP contribution in [-0.4, -0.2) is 84.4 Å². The summed E-state index contributed by atoms with van der Waals surface area (Å²) in [6.07, 6.45) is 10.2. The summed E-state index contributed by atoms with van der Waals surface area (Å²) in [5.74, 6) is -1.81. The van der Waals surface area contributed by atoms with Crippen molar-refractivity contribution in [2.75, 3.05) is 18.0 Å². The SMILES string of the molecule is CC1(C)C(/C=C/C(Cl)=C/C=C2/N(CCCCCC(=O)O)c3ccc(S(=O)(=O)O)cc3C2(C)C)=[N+](CCCCCC(=O)O)c2ccc3c(S(=O)(=O)O)cc(S(=O)(=O)O)cc3c21. The highest BCUT2D eigenvalue weighted by molar-refractivity contribution is 7.87. The summed E-state index contributed by atoms with van der Waals surface area (Å²) in [6.45, 7) is 8.36. The van der Waals surface area contributed by atoms with Gasteiger partial charge in [-0.05, 0) is 105 Å². The third-order valence-electron chi connectivity index (χ3n) is 11.0. The molecule has 60 heavy (non-hydrogen) atoms. The lowest BCUT2D eigenvalue weighted by molar-refractivity contribution is -0.438. The summed E-state index contributed by atoms with van der Waals surface area (Å²) in [7, 11) is -14.4. The number of carbonyl (C=O) groups is 2. The van der Waals surface area contributed by atoms with Gasteiger partial charge in [0.2, 0.25) is 5.69 Å². The van der Waals surface area contributed by atoms with Crippen LogP contribution in [0.15, 0.2) is 92.2 Å². The smallest absolute Gasteiger partial charge is 0.303 e. The highest BCUT2D eigenvalue weighted by atomic mass is 35.5. The molecular weight excluding hydrogens is 860 g/mol. The highest BCUT2D eigenvalue weighted by Gasteiger charge is 2.46. The zero-order valence-corrected chi connectivity index (χ0v) is 36.6. The monoisotopic (exact) mass is 907 g/mol. The van der Waals surface area contributed by atoms with Crippen molar-refractivity contribution in [1.82, 2.24) is 0 Å². The van der Waals surface area contributed by atoms with Gasteiger partial charge in [-0.2, -0.15) is 29.8 Å². The van der Waals surface area contributed by atoms with Crippen molar-refractivity contribution in [1.29, 1.82) is 0 Å². The van der Waals surface area contributed by atoms with Crippen molar-refractivity contribution in [2.45, 2.75) is 105 Å². The second-order valence-electron chi connectivity index (χ2n) is 15.9. The molecular formula is C41H48ClN2O13S3+. The van der Waals surface area contributed by atoms with E-state index in [4.69, 9.17) is 21.8 Å². The Labute approximate surface area is 354 Å². The molecule has 324 valence electrons. The molecule has 0 radical (unpaired) electrons. The predicted octanol–water partition coefficient (Wildman–Crippen LogP) is 7.61. The number of rotatable bonds is 18. The molecule has 15 nitrogen and oxygen atoms in total. The van der Waals surface area contributed by atoms with Crippen LogP contribution < -0.4 is 4.90 Å². The van der Waals surface area contributed by atoms with Crippen LogP contribution in [0.25, 0.3) is 10.8 Å². The fraction of sp³-hybridized carbons (Fsp3) is 0.390. The topological polar surface area (TPSA) is 244 Å². The Balaban J connectivity index is 1.59. The lowest BCUT2D eigenvalue weighted by atomic mass is 9.79. The number of hydrogen-bond acceptors (Lipinski definition) is 9. The Morgan fingerprint density at radius 2 is 1.35 bits per heavy atom. The molecule has 5 rings (SSSR count). The summed E-state index contributed by atoms with van der Waals surface area (Å²) in [4.78, 5) is 22.6. The minimum atomic E-state index is -4.96. The minimum Gasteiger partial charge on any atom is -0.481 e. The van der Waals surface area contributed by atoms with Crippen LogP contribution >= 0.6 is 11.6 Å². The number of benzene rings is 3. The van der Waals surface area contributed by atoms with Crippen molar-refractivity contribution in [3.8, 4) is 0 Å². The number of carboxylic acid groups (broad SMARTS) is 2. The van der Waals surface area contributed by atoms with Gasteiger partial charge in [0, 0.05) is 70.7 Å². The number of hydrogen-bond donors (Lipinski definition) is 5. The van der Waals surface area contributed by atoms with Crippen molar-refractivity contribution in [3.63, 3.8) is 0 Å². The van der Waals surface area contributed by atoms with Gasteiger partial charge in [-0.15, -0.1) is 0 Å². The summed E-state index contributed by atoms with van der Waals surface area (Å²) < 4.78 is 106. The first-order valence-electron chi connectivity index (χ1n) is 19.1. The maximum atomic E-state index is 12.5. The van der Waals surface area contributed by atoms with Crippen LogP contribution in [0.2, 0.25) is 0 Å². The molecule has 0 spiro atoms. The van der Waals surface area contributed by atoms with Gasteiger partial charge in [0.25, 0.3) is 30.4 Å². The van der Waals surface area contributed by atoms with Crippen molar-refractivity contribution in [3.05, 3.63) is 88.6 Å². The molecule has 2 aliphatic heterocycles. The van der Waals surface area contributed by atoms with Gasteiger partial charge in [-0.3, -0.25) is 23.2 Å². The highest BCUT2D eigenvalue weighted by Crippen LogP contribution is 2.49. The van der Waals surface area contributed by atoms with E-state index in [-0.39, 0.29) is 33.5 Å². The molecule has 0 amide bonds. The van der Waals surface area contributed by atoms with E-state index in [1.165, 1.54) is 18.2 Å². The largest absolute Gasteiger partial charge is 0.481 e. The maximum Gasteiger partial charge on any atom is 0.303 e. The molecule has 0 fully saturated rings. The lowest BCUT2D eigenvalue weighted by Gasteiger charge is -2.27. The van der Waals surface area contributed by atoms with E-state index in [1.54, 1.807) is 36.4 Å². The van der Waals surface area contributed by atoms with Crippen LogP contribution in [0.1, 0.15) is 90.2 Å². The standard InChI is InChI=1S/C41H47ClN2O13S3/c1-40(2)31-24-27(58(49,50)51)15-17-32(31)43(21-9-5-7-11-37(45)46)35(40)19-13-26(42)14-20-36-41(3,4)39-30-23-28(59(52,53)54)25-34(60(55,56)57)29(30)16-18-33(39)44(36)22-10-6-8-12-38(47)48/h13-20,23-25H,5-12,21-22H2,1-4H3,(H4-,45,46,47,48,49,50,51,52,53,54,55,56,57)/p+1. The number of fused-ring (bicyclic) bond motifs is 4. The summed E-state index contributed by atoms with van der Waals surface area (Å²) in [5, 5.41) is 18.7. The molecule has 0 saturated carbocycles. The first-order chi connectivity index (χ1) is 27.8.